The van der Waals surface area contributed by atoms with E-state index in [9.17, 15) is 0 Å². The van der Waals surface area contributed by atoms with E-state index in [2.05, 4.69) is 15.2 Å². The number of hydrogen-bond acceptors (Lipinski definition) is 4. The molecule has 0 saturated heterocycles. The van der Waals surface area contributed by atoms with E-state index in [1.807, 2.05) is 18.2 Å². The van der Waals surface area contributed by atoms with Gasteiger partial charge in [-0.15, -0.1) is 0 Å². The lowest BCUT2D eigenvalue weighted by atomic mass is 10.1. The Hall–Kier alpha value is -2.04. The van der Waals surface area contributed by atoms with Crippen molar-refractivity contribution >= 4 is 0 Å². The third-order valence-electron chi connectivity index (χ3n) is 3.89. The molecule has 0 spiro atoms. The summed E-state index contributed by atoms with van der Waals surface area (Å²) in [6.07, 6.45) is 4.96. The minimum Gasteiger partial charge on any atom is -0.493 e. The van der Waals surface area contributed by atoms with Gasteiger partial charge >= 0.3 is 0 Å². The minimum atomic E-state index is 0.521. The normalized spacial score (nSPS) is 15.5. The summed E-state index contributed by atoms with van der Waals surface area (Å²) in [7, 11) is 3.26. The average Bonchev–Trinajstić information content (AvgIpc) is 3.16. The first-order chi connectivity index (χ1) is 9.83. The predicted octanol–water partition coefficient (Wildman–Crippen LogP) is 3.15. The van der Waals surface area contributed by atoms with Gasteiger partial charge in [-0.2, -0.15) is 5.10 Å². The maximum absolute atomic E-state index is 5.44. The van der Waals surface area contributed by atoms with Gasteiger partial charge in [0, 0.05) is 5.92 Å². The van der Waals surface area contributed by atoms with Crippen LogP contribution in [0.25, 0.3) is 11.4 Å². The number of ether oxygens (including phenoxy) is 2. The highest BCUT2D eigenvalue weighted by molar-refractivity contribution is 5.68. The molecule has 2 aromatic rings. The second-order valence-corrected chi connectivity index (χ2v) is 5.07. The van der Waals surface area contributed by atoms with Crippen LogP contribution in [0.1, 0.15) is 37.4 Å². The fraction of sp³-hybridized carbons (Fsp3) is 0.467. The summed E-state index contributed by atoms with van der Waals surface area (Å²) < 4.78 is 10.8. The second kappa shape index (κ2) is 5.53. The Morgan fingerprint density at radius 1 is 1.15 bits per heavy atom. The van der Waals surface area contributed by atoms with Gasteiger partial charge in [0.1, 0.15) is 5.82 Å². The zero-order valence-electron chi connectivity index (χ0n) is 11.8. The third kappa shape index (κ3) is 2.24. The van der Waals surface area contributed by atoms with Gasteiger partial charge in [0.2, 0.25) is 0 Å². The first kappa shape index (κ1) is 13.0. The molecule has 0 aliphatic heterocycles. The molecule has 5 heteroatoms. The summed E-state index contributed by atoms with van der Waals surface area (Å²) in [5.41, 5.74) is 0.854. The highest BCUT2D eigenvalue weighted by atomic mass is 16.5. The van der Waals surface area contributed by atoms with E-state index in [1.165, 1.54) is 25.7 Å². The lowest BCUT2D eigenvalue weighted by Gasteiger charge is -2.10. The first-order valence-corrected chi connectivity index (χ1v) is 6.97. The van der Waals surface area contributed by atoms with Gasteiger partial charge in [0.25, 0.3) is 0 Å². The highest BCUT2D eigenvalue weighted by Crippen LogP contribution is 2.37. The summed E-state index contributed by atoms with van der Waals surface area (Å²) >= 11 is 0. The fourth-order valence-corrected chi connectivity index (χ4v) is 2.84. The van der Waals surface area contributed by atoms with Crippen LogP contribution in [0.4, 0.5) is 0 Å². The SMILES string of the molecule is COc1cccc(-c2n[nH]c(C3CCCC3)n2)c1OC. The topological polar surface area (TPSA) is 60.0 Å². The molecule has 20 heavy (non-hydrogen) atoms. The van der Waals surface area contributed by atoms with E-state index in [4.69, 9.17) is 9.47 Å². The number of aromatic nitrogens is 3. The van der Waals surface area contributed by atoms with Crippen molar-refractivity contribution in [2.75, 3.05) is 14.2 Å². The summed E-state index contributed by atoms with van der Waals surface area (Å²) in [5.74, 6) is 3.54. The van der Waals surface area contributed by atoms with Crippen molar-refractivity contribution in [3.05, 3.63) is 24.0 Å². The summed E-state index contributed by atoms with van der Waals surface area (Å²) in [6.45, 7) is 0. The fourth-order valence-electron chi connectivity index (χ4n) is 2.84. The van der Waals surface area contributed by atoms with Crippen LogP contribution in [-0.4, -0.2) is 29.4 Å². The number of rotatable bonds is 4. The van der Waals surface area contributed by atoms with Gasteiger partial charge in [-0.1, -0.05) is 18.9 Å². The maximum atomic E-state index is 5.44. The van der Waals surface area contributed by atoms with Crippen LogP contribution in [-0.2, 0) is 0 Å². The van der Waals surface area contributed by atoms with Crippen LogP contribution >= 0.6 is 0 Å². The number of para-hydroxylation sites is 1. The molecule has 1 saturated carbocycles. The number of benzene rings is 1. The number of H-pyrrole nitrogens is 1. The molecule has 1 heterocycles. The van der Waals surface area contributed by atoms with Crippen LogP contribution in [0, 0.1) is 0 Å². The molecular weight excluding hydrogens is 254 g/mol. The average molecular weight is 273 g/mol. The first-order valence-electron chi connectivity index (χ1n) is 6.97. The summed E-state index contributed by atoms with van der Waals surface area (Å²) in [6, 6.07) is 5.73. The number of aromatic amines is 1. The molecule has 0 bridgehead atoms. The van der Waals surface area contributed by atoms with Crippen molar-refractivity contribution in [3.8, 4) is 22.9 Å². The van der Waals surface area contributed by atoms with Crippen LogP contribution in [0.5, 0.6) is 11.5 Å². The van der Waals surface area contributed by atoms with E-state index in [0.29, 0.717) is 23.2 Å². The number of nitrogens with zero attached hydrogens (tertiary/aromatic N) is 2. The molecule has 1 aromatic carbocycles. The molecule has 106 valence electrons. The Kier molecular flexibility index (Phi) is 3.58. The quantitative estimate of drug-likeness (QED) is 0.929. The molecule has 0 radical (unpaired) electrons. The van der Waals surface area contributed by atoms with Gasteiger partial charge in [-0.05, 0) is 25.0 Å². The van der Waals surface area contributed by atoms with Crippen LogP contribution < -0.4 is 9.47 Å². The monoisotopic (exact) mass is 273 g/mol. The van der Waals surface area contributed by atoms with Crippen molar-refractivity contribution < 1.29 is 9.47 Å². The van der Waals surface area contributed by atoms with E-state index in [1.54, 1.807) is 14.2 Å². The smallest absolute Gasteiger partial charge is 0.185 e. The Bertz CT molecular complexity index is 589. The van der Waals surface area contributed by atoms with E-state index in [-0.39, 0.29) is 0 Å². The predicted molar refractivity (Wildman–Crippen MR) is 76.1 cm³/mol. The van der Waals surface area contributed by atoms with E-state index in [0.717, 1.165) is 11.4 Å². The van der Waals surface area contributed by atoms with Crippen LogP contribution in [0.2, 0.25) is 0 Å². The van der Waals surface area contributed by atoms with Gasteiger partial charge in [0.05, 0.1) is 19.8 Å². The molecule has 1 aliphatic carbocycles. The van der Waals surface area contributed by atoms with Crippen molar-refractivity contribution in [2.24, 2.45) is 0 Å². The van der Waals surface area contributed by atoms with Crippen LogP contribution in [0.3, 0.4) is 0 Å². The van der Waals surface area contributed by atoms with Crippen molar-refractivity contribution in [3.63, 3.8) is 0 Å². The molecule has 0 unspecified atom stereocenters. The van der Waals surface area contributed by atoms with Gasteiger partial charge < -0.3 is 9.47 Å². The Morgan fingerprint density at radius 3 is 2.65 bits per heavy atom. The molecule has 1 aromatic heterocycles. The molecule has 1 aliphatic rings. The molecule has 1 fully saturated rings. The van der Waals surface area contributed by atoms with Crippen molar-refractivity contribution in [1.82, 2.24) is 15.2 Å². The lowest BCUT2D eigenvalue weighted by Crippen LogP contribution is -1.95. The van der Waals surface area contributed by atoms with Gasteiger partial charge in [0.15, 0.2) is 17.3 Å². The van der Waals surface area contributed by atoms with E-state index >= 15 is 0 Å². The Balaban J connectivity index is 1.96. The zero-order valence-corrected chi connectivity index (χ0v) is 11.8. The zero-order chi connectivity index (χ0) is 13.9. The Labute approximate surface area is 118 Å². The molecule has 3 rings (SSSR count). The number of methoxy groups -OCH3 is 2. The van der Waals surface area contributed by atoms with Gasteiger partial charge in [-0.3, -0.25) is 5.10 Å². The van der Waals surface area contributed by atoms with E-state index < -0.39 is 0 Å². The number of hydrogen-bond donors (Lipinski definition) is 1. The second-order valence-electron chi connectivity index (χ2n) is 5.07. The maximum Gasteiger partial charge on any atom is 0.185 e. The van der Waals surface area contributed by atoms with Crippen LogP contribution in [0.15, 0.2) is 18.2 Å². The van der Waals surface area contributed by atoms with Crippen molar-refractivity contribution in [2.45, 2.75) is 31.6 Å². The largest absolute Gasteiger partial charge is 0.493 e. The molecule has 1 N–H and O–H groups in total. The Morgan fingerprint density at radius 2 is 1.95 bits per heavy atom. The van der Waals surface area contributed by atoms with Gasteiger partial charge in [-0.25, -0.2) is 4.98 Å². The number of nitrogens with one attached hydrogen (secondary N) is 1. The molecule has 0 amide bonds. The summed E-state index contributed by atoms with van der Waals surface area (Å²) in [4.78, 5) is 4.64. The molecule has 5 nitrogen and oxygen atoms in total. The highest BCUT2D eigenvalue weighted by Gasteiger charge is 2.22. The molecular formula is C15H19N3O2. The van der Waals surface area contributed by atoms with Crippen molar-refractivity contribution in [1.29, 1.82) is 0 Å². The standard InChI is InChI=1S/C15H19N3O2/c1-19-12-9-5-8-11(13(12)20-2)15-16-14(17-18-15)10-6-3-4-7-10/h5,8-10H,3-4,6-7H2,1-2H3,(H,16,17,18). The summed E-state index contributed by atoms with van der Waals surface area (Å²) in [5, 5.41) is 7.42. The molecule has 0 atom stereocenters. The minimum absolute atomic E-state index is 0.521. The third-order valence-corrected chi connectivity index (χ3v) is 3.89. The lowest BCUT2D eigenvalue weighted by molar-refractivity contribution is 0.356.